The van der Waals surface area contributed by atoms with Crippen molar-refractivity contribution in [1.82, 2.24) is 10.2 Å². The lowest BCUT2D eigenvalue weighted by Crippen LogP contribution is -2.47. The lowest BCUT2D eigenvalue weighted by molar-refractivity contribution is -0.143. The fourth-order valence-electron chi connectivity index (χ4n) is 3.52. The second-order valence-electron chi connectivity index (χ2n) is 6.16. The molecule has 2 aliphatic rings. The number of likely N-dealkylation sites (tertiary alicyclic amines) is 1. The van der Waals surface area contributed by atoms with E-state index in [0.29, 0.717) is 24.6 Å². The van der Waals surface area contributed by atoms with Gasteiger partial charge >= 0.3 is 0 Å². The van der Waals surface area contributed by atoms with E-state index < -0.39 is 5.67 Å². The summed E-state index contributed by atoms with van der Waals surface area (Å²) in [5, 5.41) is 2.95. The molecule has 5 nitrogen and oxygen atoms in total. The summed E-state index contributed by atoms with van der Waals surface area (Å²) in [5.41, 5.74) is -0.804. The number of nitrogens with zero attached hydrogens (tertiary/aromatic N) is 1. The van der Waals surface area contributed by atoms with Gasteiger partial charge in [0, 0.05) is 19.5 Å². The van der Waals surface area contributed by atoms with Crippen molar-refractivity contribution in [2.24, 2.45) is 0 Å². The Morgan fingerprint density at radius 3 is 2.78 bits per heavy atom. The largest absolute Gasteiger partial charge is 0.493 e. The van der Waals surface area contributed by atoms with Gasteiger partial charge in [0.25, 0.3) is 5.91 Å². The van der Waals surface area contributed by atoms with E-state index in [2.05, 4.69) is 5.32 Å². The van der Waals surface area contributed by atoms with Crippen LogP contribution in [0.5, 0.6) is 11.5 Å². The van der Waals surface area contributed by atoms with E-state index in [1.54, 1.807) is 19.1 Å². The molecular formula is C17H23FN2O3. The minimum atomic E-state index is -1.76. The van der Waals surface area contributed by atoms with Crippen LogP contribution >= 0.6 is 0 Å². The van der Waals surface area contributed by atoms with E-state index in [-0.39, 0.29) is 24.9 Å². The molecule has 1 N–H and O–H groups in total. The van der Waals surface area contributed by atoms with Crippen molar-refractivity contribution in [1.29, 1.82) is 0 Å². The maximum atomic E-state index is 14.8. The Labute approximate surface area is 135 Å². The molecule has 0 bridgehead atoms. The first-order chi connectivity index (χ1) is 11.1. The second-order valence-corrected chi connectivity index (χ2v) is 6.16. The zero-order valence-corrected chi connectivity index (χ0v) is 13.6. The number of amides is 1. The van der Waals surface area contributed by atoms with Crippen LogP contribution < -0.4 is 14.8 Å². The van der Waals surface area contributed by atoms with Crippen molar-refractivity contribution in [2.45, 2.75) is 31.0 Å². The van der Waals surface area contributed by atoms with Crippen molar-refractivity contribution in [3.05, 3.63) is 23.8 Å². The molecule has 6 heteroatoms. The monoisotopic (exact) mass is 322 g/mol. The van der Waals surface area contributed by atoms with Crippen LogP contribution in [0.3, 0.4) is 0 Å². The Bertz CT molecular complexity index is 587. The van der Waals surface area contributed by atoms with E-state index >= 15 is 0 Å². The first-order valence-corrected chi connectivity index (χ1v) is 8.02. The van der Waals surface area contributed by atoms with E-state index in [0.717, 1.165) is 18.4 Å². The number of hydrogen-bond acceptors (Lipinski definition) is 4. The highest BCUT2D eigenvalue weighted by molar-refractivity contribution is 5.86. The normalized spacial score (nSPS) is 27.3. The molecule has 2 unspecified atom stereocenters. The van der Waals surface area contributed by atoms with Crippen LogP contribution in [0.25, 0.3) is 0 Å². The van der Waals surface area contributed by atoms with Crippen molar-refractivity contribution >= 4 is 5.91 Å². The fourth-order valence-corrected chi connectivity index (χ4v) is 3.52. The van der Waals surface area contributed by atoms with Gasteiger partial charge in [0.1, 0.15) is 0 Å². The maximum Gasteiger partial charge on any atom is 0.262 e. The standard InChI is InChI=1S/C17H23FN2O3/c1-22-14-6-5-12(10-15(14)23-2)13-4-3-9-20(13)16(21)17(18)7-8-19-11-17/h5-6,10,13,19H,3-4,7-9,11H2,1-2H3. The maximum absolute atomic E-state index is 14.8. The molecule has 23 heavy (non-hydrogen) atoms. The molecule has 2 heterocycles. The summed E-state index contributed by atoms with van der Waals surface area (Å²) in [4.78, 5) is 14.4. The third kappa shape index (κ3) is 2.87. The number of ether oxygens (including phenoxy) is 2. The molecule has 2 aliphatic heterocycles. The molecule has 1 amide bonds. The summed E-state index contributed by atoms with van der Waals surface area (Å²) < 4.78 is 25.4. The second kappa shape index (κ2) is 6.35. The Morgan fingerprint density at radius 2 is 2.13 bits per heavy atom. The summed E-state index contributed by atoms with van der Waals surface area (Å²) in [6.45, 7) is 1.27. The van der Waals surface area contributed by atoms with Crippen LogP contribution in [0.1, 0.15) is 30.9 Å². The molecule has 1 aromatic rings. The van der Waals surface area contributed by atoms with E-state index in [1.165, 1.54) is 0 Å². The van der Waals surface area contributed by atoms with Gasteiger partial charge < -0.3 is 19.7 Å². The molecule has 0 radical (unpaired) electrons. The van der Waals surface area contributed by atoms with E-state index in [4.69, 9.17) is 9.47 Å². The smallest absolute Gasteiger partial charge is 0.262 e. The Balaban J connectivity index is 1.85. The van der Waals surface area contributed by atoms with Crippen molar-refractivity contribution < 1.29 is 18.7 Å². The van der Waals surface area contributed by atoms with Gasteiger partial charge in [-0.15, -0.1) is 0 Å². The highest BCUT2D eigenvalue weighted by Gasteiger charge is 2.47. The number of nitrogens with one attached hydrogen (secondary N) is 1. The zero-order valence-electron chi connectivity index (χ0n) is 13.6. The van der Waals surface area contributed by atoms with Gasteiger partial charge in [-0.25, -0.2) is 4.39 Å². The summed E-state index contributed by atoms with van der Waals surface area (Å²) in [5.74, 6) is 0.885. The number of carbonyl (C=O) groups excluding carboxylic acids is 1. The van der Waals surface area contributed by atoms with Gasteiger partial charge in [0.05, 0.1) is 20.3 Å². The molecule has 1 aromatic carbocycles. The average Bonchev–Trinajstić information content (AvgIpc) is 3.23. The molecule has 126 valence electrons. The number of alkyl halides is 1. The minimum Gasteiger partial charge on any atom is -0.493 e. The first-order valence-electron chi connectivity index (χ1n) is 8.02. The summed E-state index contributed by atoms with van der Waals surface area (Å²) in [6.07, 6.45) is 1.97. The predicted octanol–water partition coefficient (Wildman–Crippen LogP) is 2.07. The van der Waals surface area contributed by atoms with Crippen molar-refractivity contribution in [3.63, 3.8) is 0 Å². The summed E-state index contributed by atoms with van der Waals surface area (Å²) >= 11 is 0. The average molecular weight is 322 g/mol. The first kappa shape index (κ1) is 16.1. The molecule has 2 atom stereocenters. The number of hydrogen-bond donors (Lipinski definition) is 1. The van der Waals surface area contributed by atoms with Crippen molar-refractivity contribution in [3.8, 4) is 11.5 Å². The third-order valence-corrected chi connectivity index (χ3v) is 4.79. The van der Waals surface area contributed by atoms with Gasteiger partial charge in [-0.05, 0) is 37.1 Å². The van der Waals surface area contributed by atoms with Gasteiger partial charge in [-0.2, -0.15) is 0 Å². The van der Waals surface area contributed by atoms with Crippen LogP contribution in [-0.2, 0) is 4.79 Å². The predicted molar refractivity (Wildman–Crippen MR) is 84.6 cm³/mol. The molecule has 2 saturated heterocycles. The Kier molecular flexibility index (Phi) is 4.43. The van der Waals surface area contributed by atoms with Crippen LogP contribution in [0.15, 0.2) is 18.2 Å². The zero-order chi connectivity index (χ0) is 16.4. The lowest BCUT2D eigenvalue weighted by Gasteiger charge is -2.30. The molecule has 0 aliphatic carbocycles. The van der Waals surface area contributed by atoms with Crippen LogP contribution in [0.4, 0.5) is 4.39 Å². The lowest BCUT2D eigenvalue weighted by atomic mass is 10.00. The summed E-state index contributed by atoms with van der Waals surface area (Å²) in [6, 6.07) is 5.54. The Hall–Kier alpha value is -1.82. The number of methoxy groups -OCH3 is 2. The van der Waals surface area contributed by atoms with E-state index in [9.17, 15) is 9.18 Å². The van der Waals surface area contributed by atoms with Gasteiger partial charge in [0.15, 0.2) is 11.5 Å². The van der Waals surface area contributed by atoms with E-state index in [1.807, 2.05) is 18.2 Å². The summed E-state index contributed by atoms with van der Waals surface area (Å²) in [7, 11) is 3.17. The third-order valence-electron chi connectivity index (χ3n) is 4.79. The molecular weight excluding hydrogens is 299 g/mol. The molecule has 0 saturated carbocycles. The molecule has 0 aromatic heterocycles. The van der Waals surface area contributed by atoms with Gasteiger partial charge in [-0.1, -0.05) is 6.07 Å². The van der Waals surface area contributed by atoms with Crippen LogP contribution in [0, 0.1) is 0 Å². The number of benzene rings is 1. The van der Waals surface area contributed by atoms with Crippen LogP contribution in [0.2, 0.25) is 0 Å². The SMILES string of the molecule is COc1ccc(C2CCCN2C(=O)C2(F)CCNC2)cc1OC. The topological polar surface area (TPSA) is 50.8 Å². The molecule has 0 spiro atoms. The highest BCUT2D eigenvalue weighted by atomic mass is 19.1. The highest BCUT2D eigenvalue weighted by Crippen LogP contribution is 2.39. The van der Waals surface area contributed by atoms with Crippen LogP contribution in [-0.4, -0.2) is 50.3 Å². The minimum absolute atomic E-state index is 0.101. The number of halogens is 1. The Morgan fingerprint density at radius 1 is 1.35 bits per heavy atom. The van der Waals surface area contributed by atoms with Crippen molar-refractivity contribution in [2.75, 3.05) is 33.9 Å². The quantitative estimate of drug-likeness (QED) is 0.922. The number of rotatable bonds is 4. The fraction of sp³-hybridized carbons (Fsp3) is 0.588. The molecule has 3 rings (SSSR count). The van der Waals surface area contributed by atoms with Gasteiger partial charge in [-0.3, -0.25) is 4.79 Å². The molecule has 2 fully saturated rings. The van der Waals surface area contributed by atoms with Gasteiger partial charge in [0.2, 0.25) is 5.67 Å². The number of carbonyl (C=O) groups is 1.